The van der Waals surface area contributed by atoms with Gasteiger partial charge >= 0.3 is 0 Å². The average Bonchev–Trinajstić information content (AvgIpc) is 3.36. The van der Waals surface area contributed by atoms with E-state index in [9.17, 15) is 0 Å². The molecule has 0 N–H and O–H groups in total. The molecule has 0 heterocycles. The van der Waals surface area contributed by atoms with Crippen molar-refractivity contribution >= 4 is 23.0 Å². The molecule has 3 heteroatoms. The molecule has 0 amide bonds. The number of rotatable bonds is 6. The number of hydrogen-bond donors (Lipinski definition) is 0. The molecule has 0 unspecified atom stereocenters. The van der Waals surface area contributed by atoms with Gasteiger partial charge in [0, 0.05) is 49.7 Å². The van der Waals surface area contributed by atoms with Gasteiger partial charge in [-0.2, -0.15) is 0 Å². The van der Waals surface area contributed by atoms with Crippen molar-refractivity contribution in [2.75, 3.05) is 0 Å². The standard InChI is InChI=1S/C26H26NP.C6H10.Ti/c1-20-8-14-24(15-9-20)28(27-23-6-4-5-7-23,25-16-10-21(2)11-17-25)26-18-12-22(3)13-19-26;1-3-5-6-4-2;/h4-6,8-19H,7H2,1-3H3;3,5-6H,1,4H2,2H3;. The molecule has 1 aliphatic carbocycles. The molecule has 0 aromatic heterocycles. The molecule has 0 aliphatic heterocycles. The summed E-state index contributed by atoms with van der Waals surface area (Å²) >= 11 is 0. The van der Waals surface area contributed by atoms with Crippen LogP contribution in [0.2, 0.25) is 0 Å². The third-order valence-electron chi connectivity index (χ3n) is 5.76. The van der Waals surface area contributed by atoms with Crippen LogP contribution in [0.25, 0.3) is 0 Å². The molecule has 0 saturated carbocycles. The zero-order valence-electron chi connectivity index (χ0n) is 21.4. The van der Waals surface area contributed by atoms with Crippen LogP contribution in [0.4, 0.5) is 0 Å². The molecule has 3 aromatic rings. The summed E-state index contributed by atoms with van der Waals surface area (Å²) in [6.45, 7) is 12.0. The third-order valence-corrected chi connectivity index (χ3v) is 9.45. The summed E-state index contributed by atoms with van der Waals surface area (Å²) in [6.07, 6.45) is 14.3. The van der Waals surface area contributed by atoms with Crippen molar-refractivity contribution in [1.82, 2.24) is 0 Å². The van der Waals surface area contributed by atoms with E-state index in [4.69, 9.17) is 4.74 Å². The quantitative estimate of drug-likeness (QED) is 0.180. The summed E-state index contributed by atoms with van der Waals surface area (Å²) in [7, 11) is -2.15. The number of aryl methyl sites for hydroxylation is 3. The molecule has 4 rings (SSSR count). The van der Waals surface area contributed by atoms with Crippen molar-refractivity contribution in [3.05, 3.63) is 138 Å². The van der Waals surface area contributed by atoms with Gasteiger partial charge < -0.3 is 0 Å². The van der Waals surface area contributed by atoms with Crippen molar-refractivity contribution in [1.29, 1.82) is 0 Å². The van der Waals surface area contributed by atoms with Gasteiger partial charge in [-0.05, 0) is 33.3 Å². The minimum atomic E-state index is -2.15. The molecule has 0 spiro atoms. The minimum Gasteiger partial charge on any atom is -0.258 e. The Morgan fingerprint density at radius 2 is 1.20 bits per heavy atom. The van der Waals surface area contributed by atoms with E-state index in [1.54, 1.807) is 6.08 Å². The first-order valence-corrected chi connectivity index (χ1v) is 13.7. The molecule has 178 valence electrons. The molecular weight excluding hydrogens is 477 g/mol. The van der Waals surface area contributed by atoms with Gasteiger partial charge in [-0.25, -0.2) is 0 Å². The van der Waals surface area contributed by atoms with E-state index in [1.165, 1.54) is 32.6 Å². The maximum Gasteiger partial charge on any atom is 0.0608 e. The van der Waals surface area contributed by atoms with E-state index < -0.39 is 7.05 Å². The predicted octanol–water partition coefficient (Wildman–Crippen LogP) is 8.07. The number of allylic oxidation sites excluding steroid dienone is 6. The summed E-state index contributed by atoms with van der Waals surface area (Å²) in [4.78, 5) is 0. The van der Waals surface area contributed by atoms with Gasteiger partial charge in [-0.1, -0.05) is 133 Å². The Labute approximate surface area is 227 Å². The topological polar surface area (TPSA) is 12.4 Å². The van der Waals surface area contributed by atoms with Crippen LogP contribution in [0, 0.1) is 20.8 Å². The SMILES string of the molecule is C=CC=CCC.Cc1ccc(P(=NC2=CC=CC2)(c2ccc(C)cc2)c2ccc(C)cc2)cc1.[Ti]. The Morgan fingerprint density at radius 3 is 1.49 bits per heavy atom. The second kappa shape index (κ2) is 14.2. The monoisotopic (exact) mass is 513 g/mol. The van der Waals surface area contributed by atoms with Crippen LogP contribution in [0.1, 0.15) is 36.5 Å². The smallest absolute Gasteiger partial charge is 0.0608 e. The molecule has 0 fully saturated rings. The van der Waals surface area contributed by atoms with Gasteiger partial charge in [-0.15, -0.1) is 0 Å². The van der Waals surface area contributed by atoms with Crippen LogP contribution in [0.15, 0.2) is 126 Å². The number of hydrogen-bond acceptors (Lipinski definition) is 1. The number of nitrogens with zero attached hydrogens (tertiary/aromatic N) is 1. The largest absolute Gasteiger partial charge is 0.258 e. The summed E-state index contributed by atoms with van der Waals surface area (Å²) in [6, 6.07) is 26.9. The Kier molecular flexibility index (Phi) is 11.7. The number of benzene rings is 3. The molecule has 3 aromatic carbocycles. The summed E-state index contributed by atoms with van der Waals surface area (Å²) < 4.78 is 5.52. The first-order valence-electron chi connectivity index (χ1n) is 12.0. The second-order valence-electron chi connectivity index (χ2n) is 8.60. The molecule has 0 bridgehead atoms. The van der Waals surface area contributed by atoms with Gasteiger partial charge in [-0.3, -0.25) is 4.74 Å². The normalized spacial score (nSPS) is 12.4. The van der Waals surface area contributed by atoms with Crippen molar-refractivity contribution in [2.24, 2.45) is 4.74 Å². The van der Waals surface area contributed by atoms with Gasteiger partial charge in [0.15, 0.2) is 0 Å². The molecule has 1 aliphatic rings. The first kappa shape index (κ1) is 28.8. The van der Waals surface area contributed by atoms with Crippen molar-refractivity contribution < 1.29 is 21.7 Å². The van der Waals surface area contributed by atoms with Gasteiger partial charge in [0.2, 0.25) is 0 Å². The Morgan fingerprint density at radius 1 is 0.771 bits per heavy atom. The predicted molar refractivity (Wildman–Crippen MR) is 153 cm³/mol. The van der Waals surface area contributed by atoms with Crippen LogP contribution in [-0.4, -0.2) is 0 Å². The van der Waals surface area contributed by atoms with E-state index in [1.807, 2.05) is 6.08 Å². The molecule has 0 atom stereocenters. The maximum absolute atomic E-state index is 5.52. The molecule has 1 nitrogen and oxygen atoms in total. The maximum atomic E-state index is 5.52. The Hall–Kier alpha value is -2.44. The third kappa shape index (κ3) is 7.52. The van der Waals surface area contributed by atoms with Crippen LogP contribution >= 0.6 is 7.05 Å². The fourth-order valence-electron chi connectivity index (χ4n) is 3.84. The van der Waals surface area contributed by atoms with Gasteiger partial charge in [0.25, 0.3) is 0 Å². The fraction of sp³-hybridized carbons (Fsp3) is 0.188. The summed E-state index contributed by atoms with van der Waals surface area (Å²) in [5.74, 6) is 0. The van der Waals surface area contributed by atoms with E-state index in [0.29, 0.717) is 0 Å². The van der Waals surface area contributed by atoms with Crippen LogP contribution in [-0.2, 0) is 21.7 Å². The van der Waals surface area contributed by atoms with E-state index in [0.717, 1.165) is 18.5 Å². The zero-order valence-corrected chi connectivity index (χ0v) is 23.9. The van der Waals surface area contributed by atoms with Crippen LogP contribution < -0.4 is 15.9 Å². The van der Waals surface area contributed by atoms with E-state index in [2.05, 4.69) is 131 Å². The average molecular weight is 513 g/mol. The Bertz CT molecular complexity index is 1110. The zero-order chi connectivity index (χ0) is 24.4. The molecule has 0 saturated heterocycles. The first-order chi connectivity index (χ1) is 16.5. The van der Waals surface area contributed by atoms with Crippen LogP contribution in [0.5, 0.6) is 0 Å². The summed E-state index contributed by atoms with van der Waals surface area (Å²) in [5.41, 5.74) is 4.99. The molecule has 0 radical (unpaired) electrons. The Balaban J connectivity index is 0.000000552. The van der Waals surface area contributed by atoms with Crippen molar-refractivity contribution in [2.45, 2.75) is 40.5 Å². The van der Waals surface area contributed by atoms with Gasteiger partial charge in [0.1, 0.15) is 0 Å². The van der Waals surface area contributed by atoms with Crippen LogP contribution in [0.3, 0.4) is 0 Å². The fourth-order valence-corrected chi connectivity index (χ4v) is 7.35. The van der Waals surface area contributed by atoms with Crippen molar-refractivity contribution in [3.63, 3.8) is 0 Å². The molecular formula is C32H36NPTi. The second-order valence-corrected chi connectivity index (χ2v) is 11.6. The van der Waals surface area contributed by atoms with E-state index >= 15 is 0 Å². The van der Waals surface area contributed by atoms with Crippen molar-refractivity contribution in [3.8, 4) is 0 Å². The molecule has 35 heavy (non-hydrogen) atoms. The summed E-state index contributed by atoms with van der Waals surface area (Å²) in [5, 5.41) is 3.91. The van der Waals surface area contributed by atoms with E-state index in [-0.39, 0.29) is 21.7 Å². The minimum absolute atomic E-state index is 0. The van der Waals surface area contributed by atoms with Gasteiger partial charge in [0.05, 0.1) is 7.05 Å².